The van der Waals surface area contributed by atoms with Crippen LogP contribution in [0.25, 0.3) is 0 Å². The quantitative estimate of drug-likeness (QED) is 0.788. The topological polar surface area (TPSA) is 66.5 Å². The molecule has 0 aromatic heterocycles. The zero-order valence-electron chi connectivity index (χ0n) is 10.6. The molecule has 0 aromatic carbocycles. The molecule has 1 amide bonds. The lowest BCUT2D eigenvalue weighted by molar-refractivity contribution is -0.121. The molecular weight excluding hydrogens is 240 g/mol. The Hall–Kier alpha value is -0.620. The Labute approximate surface area is 104 Å². The number of carbonyl (C=O) groups excluding carboxylic acids is 1. The van der Waals surface area contributed by atoms with Crippen molar-refractivity contribution in [2.75, 3.05) is 25.9 Å². The molecule has 0 radical (unpaired) electrons. The molecule has 0 aliphatic carbocycles. The summed E-state index contributed by atoms with van der Waals surface area (Å²) in [6.07, 6.45) is 2.74. The summed E-state index contributed by atoms with van der Waals surface area (Å²) >= 11 is 0. The SMILES string of the molecule is CCCS(=O)(=O)N1CCC(CC(=O)NC)CC1. The molecule has 17 heavy (non-hydrogen) atoms. The zero-order valence-corrected chi connectivity index (χ0v) is 11.4. The summed E-state index contributed by atoms with van der Waals surface area (Å²) in [6, 6.07) is 0. The van der Waals surface area contributed by atoms with Gasteiger partial charge in [-0.05, 0) is 25.2 Å². The Balaban J connectivity index is 2.43. The summed E-state index contributed by atoms with van der Waals surface area (Å²) in [4.78, 5) is 11.2. The van der Waals surface area contributed by atoms with Crippen molar-refractivity contribution < 1.29 is 13.2 Å². The molecular formula is C11H22N2O3S. The number of amides is 1. The lowest BCUT2D eigenvalue weighted by atomic mass is 9.94. The number of rotatable bonds is 5. The van der Waals surface area contributed by atoms with Crippen LogP contribution in [0.2, 0.25) is 0 Å². The van der Waals surface area contributed by atoms with Gasteiger partial charge in [0, 0.05) is 26.6 Å². The standard InChI is InChI=1S/C11H22N2O3S/c1-3-8-17(15,16)13-6-4-10(5-7-13)9-11(14)12-2/h10H,3-9H2,1-2H3,(H,12,14). The smallest absolute Gasteiger partial charge is 0.220 e. The number of carbonyl (C=O) groups is 1. The number of hydrogen-bond donors (Lipinski definition) is 1. The van der Waals surface area contributed by atoms with Gasteiger partial charge < -0.3 is 5.32 Å². The first kappa shape index (κ1) is 14.4. The Bertz CT molecular complexity index is 346. The van der Waals surface area contributed by atoms with E-state index in [2.05, 4.69) is 5.32 Å². The van der Waals surface area contributed by atoms with Gasteiger partial charge in [0.1, 0.15) is 0 Å². The van der Waals surface area contributed by atoms with Crippen LogP contribution < -0.4 is 5.32 Å². The van der Waals surface area contributed by atoms with E-state index in [0.717, 1.165) is 12.8 Å². The average Bonchev–Trinajstić information content (AvgIpc) is 2.29. The van der Waals surface area contributed by atoms with Gasteiger partial charge >= 0.3 is 0 Å². The van der Waals surface area contributed by atoms with E-state index in [0.29, 0.717) is 31.8 Å². The van der Waals surface area contributed by atoms with Crippen LogP contribution in [0.5, 0.6) is 0 Å². The van der Waals surface area contributed by atoms with Crippen molar-refractivity contribution in [2.45, 2.75) is 32.6 Å². The minimum Gasteiger partial charge on any atom is -0.359 e. The highest BCUT2D eigenvalue weighted by Crippen LogP contribution is 2.22. The predicted octanol–water partition coefficient (Wildman–Crippen LogP) is 0.574. The van der Waals surface area contributed by atoms with Crippen molar-refractivity contribution in [1.82, 2.24) is 9.62 Å². The molecule has 0 saturated carbocycles. The molecule has 1 heterocycles. The minimum absolute atomic E-state index is 0.0415. The van der Waals surface area contributed by atoms with Crippen molar-refractivity contribution in [1.29, 1.82) is 0 Å². The normalized spacial score (nSPS) is 19.2. The van der Waals surface area contributed by atoms with Crippen molar-refractivity contribution in [3.05, 3.63) is 0 Å². The maximum Gasteiger partial charge on any atom is 0.220 e. The Morgan fingerprint density at radius 2 is 1.94 bits per heavy atom. The summed E-state index contributed by atoms with van der Waals surface area (Å²) in [5, 5.41) is 2.60. The first-order chi connectivity index (χ1) is 7.99. The highest BCUT2D eigenvalue weighted by molar-refractivity contribution is 7.89. The number of piperidine rings is 1. The highest BCUT2D eigenvalue weighted by atomic mass is 32.2. The Morgan fingerprint density at radius 3 is 2.41 bits per heavy atom. The highest BCUT2D eigenvalue weighted by Gasteiger charge is 2.27. The fourth-order valence-electron chi connectivity index (χ4n) is 2.14. The van der Waals surface area contributed by atoms with Crippen LogP contribution in [0.15, 0.2) is 0 Å². The maximum absolute atomic E-state index is 11.8. The van der Waals surface area contributed by atoms with Crippen LogP contribution in [0.1, 0.15) is 32.6 Å². The van der Waals surface area contributed by atoms with Gasteiger partial charge in [0.15, 0.2) is 0 Å². The molecule has 0 atom stereocenters. The van der Waals surface area contributed by atoms with Gasteiger partial charge in [-0.1, -0.05) is 6.92 Å². The summed E-state index contributed by atoms with van der Waals surface area (Å²) in [7, 11) is -1.43. The molecule has 100 valence electrons. The zero-order chi connectivity index (χ0) is 12.9. The van der Waals surface area contributed by atoms with E-state index in [-0.39, 0.29) is 11.7 Å². The van der Waals surface area contributed by atoms with Gasteiger partial charge in [-0.25, -0.2) is 12.7 Å². The molecule has 1 saturated heterocycles. The van der Waals surface area contributed by atoms with E-state index < -0.39 is 10.0 Å². The summed E-state index contributed by atoms with van der Waals surface area (Å²) < 4.78 is 25.2. The second-order valence-electron chi connectivity index (χ2n) is 4.54. The van der Waals surface area contributed by atoms with Gasteiger partial charge in [-0.3, -0.25) is 4.79 Å². The second kappa shape index (κ2) is 6.35. The van der Waals surface area contributed by atoms with Crippen molar-refractivity contribution in [3.8, 4) is 0 Å². The van der Waals surface area contributed by atoms with Gasteiger partial charge in [0.25, 0.3) is 0 Å². The van der Waals surface area contributed by atoms with E-state index in [9.17, 15) is 13.2 Å². The maximum atomic E-state index is 11.8. The third-order valence-electron chi connectivity index (χ3n) is 3.18. The number of nitrogens with zero attached hydrogens (tertiary/aromatic N) is 1. The molecule has 1 rings (SSSR count). The molecule has 6 heteroatoms. The lowest BCUT2D eigenvalue weighted by Crippen LogP contribution is -2.40. The average molecular weight is 262 g/mol. The Morgan fingerprint density at radius 1 is 1.35 bits per heavy atom. The van der Waals surface area contributed by atoms with Crippen LogP contribution in [0, 0.1) is 5.92 Å². The first-order valence-electron chi connectivity index (χ1n) is 6.18. The van der Waals surface area contributed by atoms with Crippen molar-refractivity contribution >= 4 is 15.9 Å². The molecule has 1 N–H and O–H groups in total. The van der Waals surface area contributed by atoms with Crippen molar-refractivity contribution in [3.63, 3.8) is 0 Å². The van der Waals surface area contributed by atoms with Gasteiger partial charge in [0.05, 0.1) is 5.75 Å². The third kappa shape index (κ3) is 4.27. The van der Waals surface area contributed by atoms with Gasteiger partial charge in [0.2, 0.25) is 15.9 Å². The number of sulfonamides is 1. The van der Waals surface area contributed by atoms with Crippen molar-refractivity contribution in [2.24, 2.45) is 5.92 Å². The molecule has 1 fully saturated rings. The molecule has 0 spiro atoms. The van der Waals surface area contributed by atoms with Crippen LogP contribution >= 0.6 is 0 Å². The molecule has 0 bridgehead atoms. The van der Waals surface area contributed by atoms with Crippen LogP contribution in [0.3, 0.4) is 0 Å². The molecule has 0 aromatic rings. The van der Waals surface area contributed by atoms with Crippen LogP contribution in [-0.2, 0) is 14.8 Å². The van der Waals surface area contributed by atoms with Crippen LogP contribution in [0.4, 0.5) is 0 Å². The summed E-state index contributed by atoms with van der Waals surface area (Å²) in [5.41, 5.74) is 0. The third-order valence-corrected chi connectivity index (χ3v) is 5.26. The number of nitrogens with one attached hydrogen (secondary N) is 1. The molecule has 1 aliphatic heterocycles. The van der Waals surface area contributed by atoms with E-state index in [4.69, 9.17) is 0 Å². The fraction of sp³-hybridized carbons (Fsp3) is 0.909. The first-order valence-corrected chi connectivity index (χ1v) is 7.79. The molecule has 1 aliphatic rings. The lowest BCUT2D eigenvalue weighted by Gasteiger charge is -2.30. The summed E-state index contributed by atoms with van der Waals surface area (Å²) in [5.74, 6) is 0.593. The summed E-state index contributed by atoms with van der Waals surface area (Å²) in [6.45, 7) is 2.99. The second-order valence-corrected chi connectivity index (χ2v) is 6.62. The van der Waals surface area contributed by atoms with E-state index in [1.807, 2.05) is 6.92 Å². The van der Waals surface area contributed by atoms with E-state index in [1.54, 1.807) is 11.4 Å². The monoisotopic (exact) mass is 262 g/mol. The minimum atomic E-state index is -3.06. The predicted molar refractivity (Wildman–Crippen MR) is 67.1 cm³/mol. The molecule has 0 unspecified atom stereocenters. The number of hydrogen-bond acceptors (Lipinski definition) is 3. The van der Waals surface area contributed by atoms with Gasteiger partial charge in [-0.15, -0.1) is 0 Å². The largest absolute Gasteiger partial charge is 0.359 e. The van der Waals surface area contributed by atoms with Crippen LogP contribution in [-0.4, -0.2) is 44.5 Å². The fourth-order valence-corrected chi connectivity index (χ4v) is 3.68. The molecule has 5 nitrogen and oxygen atoms in total. The van der Waals surface area contributed by atoms with E-state index >= 15 is 0 Å². The van der Waals surface area contributed by atoms with Gasteiger partial charge in [-0.2, -0.15) is 0 Å². The Kier molecular flexibility index (Phi) is 5.39. The van der Waals surface area contributed by atoms with E-state index in [1.165, 1.54) is 0 Å².